The van der Waals surface area contributed by atoms with Crippen LogP contribution in [0.4, 0.5) is 4.79 Å². The van der Waals surface area contributed by atoms with Crippen molar-refractivity contribution in [2.24, 2.45) is 7.05 Å². The number of ether oxygens (including phenoxy) is 1. The van der Waals surface area contributed by atoms with Crippen molar-refractivity contribution in [2.75, 3.05) is 13.1 Å². The monoisotopic (exact) mass is 251 g/mol. The molecule has 2 rings (SSSR count). The van der Waals surface area contributed by atoms with E-state index in [0.717, 1.165) is 13.0 Å². The number of nitrogens with zero attached hydrogens (tertiary/aromatic N) is 3. The molecule has 18 heavy (non-hydrogen) atoms. The summed E-state index contributed by atoms with van der Waals surface area (Å²) in [5.74, 6) is 0.366. The first-order valence-electron chi connectivity index (χ1n) is 6.31. The predicted octanol–water partition coefficient (Wildman–Crippen LogP) is 2.14. The maximum absolute atomic E-state index is 11.9. The van der Waals surface area contributed by atoms with Gasteiger partial charge in [-0.3, -0.25) is 0 Å². The highest BCUT2D eigenvalue weighted by Crippen LogP contribution is 2.27. The number of amides is 1. The van der Waals surface area contributed by atoms with E-state index in [1.165, 1.54) is 5.69 Å². The van der Waals surface area contributed by atoms with Crippen LogP contribution in [-0.4, -0.2) is 39.2 Å². The molecule has 100 valence electrons. The van der Waals surface area contributed by atoms with Gasteiger partial charge in [0.15, 0.2) is 0 Å². The third kappa shape index (κ3) is 2.83. The second kappa shape index (κ2) is 4.63. The summed E-state index contributed by atoms with van der Waals surface area (Å²) in [7, 11) is 1.98. The fourth-order valence-electron chi connectivity index (χ4n) is 2.25. The Morgan fingerprint density at radius 2 is 2.22 bits per heavy atom. The molecule has 0 unspecified atom stereocenters. The van der Waals surface area contributed by atoms with Gasteiger partial charge in [0, 0.05) is 37.9 Å². The number of rotatable bonds is 1. The van der Waals surface area contributed by atoms with E-state index in [1.54, 1.807) is 11.2 Å². The van der Waals surface area contributed by atoms with Gasteiger partial charge in [0.2, 0.25) is 0 Å². The van der Waals surface area contributed by atoms with E-state index in [4.69, 9.17) is 4.74 Å². The second-order valence-electron chi connectivity index (χ2n) is 5.84. The Hall–Kier alpha value is -1.52. The predicted molar refractivity (Wildman–Crippen MR) is 68.4 cm³/mol. The van der Waals surface area contributed by atoms with E-state index in [2.05, 4.69) is 4.98 Å². The molecule has 0 spiro atoms. The molecule has 1 saturated heterocycles. The van der Waals surface area contributed by atoms with Gasteiger partial charge < -0.3 is 14.2 Å². The molecular weight excluding hydrogens is 230 g/mol. The van der Waals surface area contributed by atoms with Crippen molar-refractivity contribution in [3.05, 3.63) is 18.2 Å². The highest BCUT2D eigenvalue weighted by atomic mass is 16.6. The van der Waals surface area contributed by atoms with E-state index in [0.29, 0.717) is 12.5 Å². The van der Waals surface area contributed by atoms with Gasteiger partial charge in [-0.15, -0.1) is 0 Å². The molecule has 1 aromatic heterocycles. The van der Waals surface area contributed by atoms with Crippen molar-refractivity contribution in [2.45, 2.75) is 38.7 Å². The van der Waals surface area contributed by atoms with Gasteiger partial charge in [-0.25, -0.2) is 9.78 Å². The van der Waals surface area contributed by atoms with Crippen LogP contribution in [0.25, 0.3) is 0 Å². The first-order valence-corrected chi connectivity index (χ1v) is 6.31. The minimum atomic E-state index is -0.429. The largest absolute Gasteiger partial charge is 0.444 e. The zero-order valence-corrected chi connectivity index (χ0v) is 11.5. The van der Waals surface area contributed by atoms with Crippen molar-refractivity contribution in [1.82, 2.24) is 14.5 Å². The van der Waals surface area contributed by atoms with Crippen molar-refractivity contribution in [1.29, 1.82) is 0 Å². The lowest BCUT2D eigenvalue weighted by molar-refractivity contribution is 0.0292. The van der Waals surface area contributed by atoms with Crippen LogP contribution in [-0.2, 0) is 11.8 Å². The lowest BCUT2D eigenvalue weighted by Crippen LogP contribution is -2.35. The van der Waals surface area contributed by atoms with Crippen molar-refractivity contribution in [3.63, 3.8) is 0 Å². The Morgan fingerprint density at radius 3 is 2.78 bits per heavy atom. The van der Waals surface area contributed by atoms with E-state index in [9.17, 15) is 4.79 Å². The Labute approximate surface area is 108 Å². The van der Waals surface area contributed by atoms with Gasteiger partial charge in [0.25, 0.3) is 0 Å². The molecule has 1 aliphatic rings. The molecule has 5 nitrogen and oxygen atoms in total. The zero-order valence-electron chi connectivity index (χ0n) is 11.5. The quantitative estimate of drug-likeness (QED) is 0.768. The number of carbonyl (C=O) groups excluding carboxylic acids is 1. The smallest absolute Gasteiger partial charge is 0.410 e. The summed E-state index contributed by atoms with van der Waals surface area (Å²) in [6.07, 6.45) is 4.43. The summed E-state index contributed by atoms with van der Waals surface area (Å²) < 4.78 is 7.40. The van der Waals surface area contributed by atoms with Gasteiger partial charge in [-0.05, 0) is 27.2 Å². The number of likely N-dealkylation sites (tertiary alicyclic amines) is 1. The fourth-order valence-corrected chi connectivity index (χ4v) is 2.25. The summed E-state index contributed by atoms with van der Waals surface area (Å²) >= 11 is 0. The highest BCUT2D eigenvalue weighted by Gasteiger charge is 2.31. The SMILES string of the molecule is Cn1cncc1[C@H]1CCN(C(=O)OC(C)(C)C)C1. The minimum absolute atomic E-state index is 0.216. The first kappa shape index (κ1) is 12.9. The molecular formula is C13H21N3O2. The molecule has 5 heteroatoms. The third-order valence-corrected chi connectivity index (χ3v) is 3.11. The maximum Gasteiger partial charge on any atom is 0.410 e. The molecule has 0 saturated carbocycles. The van der Waals surface area contributed by atoms with Crippen LogP contribution < -0.4 is 0 Å². The molecule has 0 N–H and O–H groups in total. The van der Waals surface area contributed by atoms with Gasteiger partial charge >= 0.3 is 6.09 Å². The van der Waals surface area contributed by atoms with Crippen LogP contribution >= 0.6 is 0 Å². The lowest BCUT2D eigenvalue weighted by Gasteiger charge is -2.24. The lowest BCUT2D eigenvalue weighted by atomic mass is 10.1. The summed E-state index contributed by atoms with van der Waals surface area (Å²) in [6.45, 7) is 7.14. The second-order valence-corrected chi connectivity index (χ2v) is 5.84. The number of hydrogen-bond donors (Lipinski definition) is 0. The van der Waals surface area contributed by atoms with E-state index in [1.807, 2.05) is 38.6 Å². The third-order valence-electron chi connectivity index (χ3n) is 3.11. The minimum Gasteiger partial charge on any atom is -0.444 e. The fraction of sp³-hybridized carbons (Fsp3) is 0.692. The average Bonchev–Trinajstić information content (AvgIpc) is 2.82. The first-order chi connectivity index (χ1) is 8.37. The van der Waals surface area contributed by atoms with E-state index >= 15 is 0 Å². The van der Waals surface area contributed by atoms with Crippen LogP contribution in [0, 0.1) is 0 Å². The Morgan fingerprint density at radius 1 is 1.50 bits per heavy atom. The normalized spacial score (nSPS) is 20.2. The number of hydrogen-bond acceptors (Lipinski definition) is 3. The molecule has 1 fully saturated rings. The van der Waals surface area contributed by atoms with Gasteiger partial charge in [0.05, 0.1) is 6.33 Å². The Kier molecular flexibility index (Phi) is 3.32. The standard InChI is InChI=1S/C13H21N3O2/c1-13(2,3)18-12(17)16-6-5-10(8-16)11-7-14-9-15(11)4/h7,9-10H,5-6,8H2,1-4H3/t10-/m0/s1. The highest BCUT2D eigenvalue weighted by molar-refractivity contribution is 5.68. The van der Waals surface area contributed by atoms with E-state index < -0.39 is 5.60 Å². The summed E-state index contributed by atoms with van der Waals surface area (Å²) in [6, 6.07) is 0. The number of aromatic nitrogens is 2. The van der Waals surface area contributed by atoms with Crippen molar-refractivity contribution in [3.8, 4) is 0 Å². The molecule has 0 aromatic carbocycles. The maximum atomic E-state index is 11.9. The molecule has 1 aliphatic heterocycles. The van der Waals surface area contributed by atoms with Crippen LogP contribution in [0.3, 0.4) is 0 Å². The molecule has 0 radical (unpaired) electrons. The van der Waals surface area contributed by atoms with Gasteiger partial charge in [-0.1, -0.05) is 0 Å². The number of carbonyl (C=O) groups is 1. The Bertz CT molecular complexity index is 434. The molecule has 1 atom stereocenters. The zero-order chi connectivity index (χ0) is 13.3. The van der Waals surface area contributed by atoms with Crippen LogP contribution in [0.5, 0.6) is 0 Å². The van der Waals surface area contributed by atoms with Crippen LogP contribution in [0.2, 0.25) is 0 Å². The van der Waals surface area contributed by atoms with Crippen molar-refractivity contribution < 1.29 is 9.53 Å². The summed E-state index contributed by atoms with van der Waals surface area (Å²) in [5, 5.41) is 0. The molecule has 0 bridgehead atoms. The molecule has 1 aromatic rings. The Balaban J connectivity index is 1.97. The average molecular weight is 251 g/mol. The number of aryl methyl sites for hydroxylation is 1. The topological polar surface area (TPSA) is 47.4 Å². The summed E-state index contributed by atoms with van der Waals surface area (Å²) in [5.41, 5.74) is 0.753. The van der Waals surface area contributed by atoms with Crippen molar-refractivity contribution >= 4 is 6.09 Å². The molecule has 0 aliphatic carbocycles. The number of imidazole rings is 1. The molecule has 2 heterocycles. The van der Waals surface area contributed by atoms with Gasteiger partial charge in [-0.2, -0.15) is 0 Å². The van der Waals surface area contributed by atoms with Gasteiger partial charge in [0.1, 0.15) is 5.60 Å². The van der Waals surface area contributed by atoms with Crippen LogP contribution in [0.15, 0.2) is 12.5 Å². The molecule has 1 amide bonds. The summed E-state index contributed by atoms with van der Waals surface area (Å²) in [4.78, 5) is 17.8. The van der Waals surface area contributed by atoms with Crippen LogP contribution in [0.1, 0.15) is 38.8 Å². The van der Waals surface area contributed by atoms with E-state index in [-0.39, 0.29) is 6.09 Å².